The molecule has 1 aliphatic heterocycles. The molecule has 1 aromatic carbocycles. The minimum Gasteiger partial charge on any atom is -0.462 e. The van der Waals surface area contributed by atoms with Gasteiger partial charge in [0.2, 0.25) is 0 Å². The number of nitrogens with zero attached hydrogens (tertiary/aromatic N) is 2. The first kappa shape index (κ1) is 16.8. The quantitative estimate of drug-likeness (QED) is 0.435. The Morgan fingerprint density at radius 3 is 2.85 bits per heavy atom. The second kappa shape index (κ2) is 6.59. The third-order valence-corrected chi connectivity index (χ3v) is 4.99. The van der Waals surface area contributed by atoms with Crippen LogP contribution in [0.2, 0.25) is 5.15 Å². The van der Waals surface area contributed by atoms with Gasteiger partial charge in [-0.05, 0) is 17.7 Å². The van der Waals surface area contributed by atoms with Crippen LogP contribution in [0.5, 0.6) is 0 Å². The lowest BCUT2D eigenvalue weighted by molar-refractivity contribution is -0.135. The number of hydrogen-bond donors (Lipinski definition) is 1. The number of cyclic esters (lactones) is 1. The Morgan fingerprint density at radius 2 is 2.15 bits per heavy atom. The second-order valence-electron chi connectivity index (χ2n) is 6.39. The largest absolute Gasteiger partial charge is 0.462 e. The van der Waals surface area contributed by atoms with E-state index in [0.29, 0.717) is 17.3 Å². The molecule has 3 heterocycles. The summed E-state index contributed by atoms with van der Waals surface area (Å²) in [6, 6.07) is 11.5. The van der Waals surface area contributed by atoms with Gasteiger partial charge in [-0.15, -0.1) is 0 Å². The van der Waals surface area contributed by atoms with Crippen LogP contribution in [-0.2, 0) is 16.1 Å². The number of para-hydroxylation sites is 1. The van der Waals surface area contributed by atoms with Gasteiger partial charge in [0.15, 0.2) is 0 Å². The molecule has 1 fully saturated rings. The minimum atomic E-state index is -0.858. The maximum atomic E-state index is 11.6. The highest BCUT2D eigenvalue weighted by Gasteiger charge is 2.36. The van der Waals surface area contributed by atoms with Crippen molar-refractivity contribution in [2.45, 2.75) is 12.6 Å². The highest BCUT2D eigenvalue weighted by Crippen LogP contribution is 2.36. The van der Waals surface area contributed by atoms with Crippen molar-refractivity contribution in [1.82, 2.24) is 9.55 Å². The number of halogens is 1. The average molecular weight is 369 g/mol. The first-order valence-corrected chi connectivity index (χ1v) is 8.64. The molecule has 0 aliphatic carbocycles. The van der Waals surface area contributed by atoms with E-state index in [0.717, 1.165) is 22.0 Å². The summed E-state index contributed by atoms with van der Waals surface area (Å²) in [7, 11) is 0. The number of ether oxygens (including phenoxy) is 1. The molecule has 0 bridgehead atoms. The molecule has 6 heteroatoms. The first-order chi connectivity index (χ1) is 12.5. The van der Waals surface area contributed by atoms with Crippen LogP contribution >= 0.6 is 11.6 Å². The summed E-state index contributed by atoms with van der Waals surface area (Å²) >= 11 is 5.85. The Bertz CT molecular complexity index is 994. The van der Waals surface area contributed by atoms with Gasteiger partial charge in [0, 0.05) is 41.0 Å². The number of carbonyl (C=O) groups excluding carboxylic acids is 1. The average Bonchev–Trinajstić information content (AvgIpc) is 3.18. The monoisotopic (exact) mass is 368 g/mol. The van der Waals surface area contributed by atoms with Gasteiger partial charge in [0.1, 0.15) is 11.8 Å². The lowest BCUT2D eigenvalue weighted by Crippen LogP contribution is -2.14. The van der Waals surface area contributed by atoms with Crippen LogP contribution < -0.4 is 0 Å². The van der Waals surface area contributed by atoms with E-state index >= 15 is 0 Å². The highest BCUT2D eigenvalue weighted by atomic mass is 35.5. The van der Waals surface area contributed by atoms with Crippen LogP contribution in [0.3, 0.4) is 0 Å². The summed E-state index contributed by atoms with van der Waals surface area (Å²) in [4.78, 5) is 15.7. The predicted octanol–water partition coefficient (Wildman–Crippen LogP) is 3.50. The van der Waals surface area contributed by atoms with E-state index in [9.17, 15) is 9.90 Å². The molecule has 26 heavy (non-hydrogen) atoms. The van der Waals surface area contributed by atoms with Crippen molar-refractivity contribution in [2.75, 3.05) is 6.61 Å². The van der Waals surface area contributed by atoms with Gasteiger partial charge in [-0.3, -0.25) is 0 Å². The van der Waals surface area contributed by atoms with Gasteiger partial charge in [0.25, 0.3) is 0 Å². The smallest absolute Gasteiger partial charge is 0.333 e. The number of benzene rings is 1. The van der Waals surface area contributed by atoms with Crippen LogP contribution in [0.1, 0.15) is 17.2 Å². The maximum Gasteiger partial charge on any atom is 0.333 e. The van der Waals surface area contributed by atoms with Crippen molar-refractivity contribution in [2.24, 2.45) is 5.92 Å². The lowest BCUT2D eigenvalue weighted by atomic mass is 9.92. The SMILES string of the molecule is C=C1C(=O)OCC1C(O)c1cn(Cc2ccc(Cl)nc2)c2ccccc12. The van der Waals surface area contributed by atoms with E-state index in [1.54, 1.807) is 12.3 Å². The molecule has 0 radical (unpaired) electrons. The predicted molar refractivity (Wildman–Crippen MR) is 98.8 cm³/mol. The fourth-order valence-corrected chi connectivity index (χ4v) is 3.46. The molecule has 0 saturated carbocycles. The molecule has 1 aliphatic rings. The van der Waals surface area contributed by atoms with Gasteiger partial charge < -0.3 is 14.4 Å². The Hall–Kier alpha value is -2.63. The Balaban J connectivity index is 1.73. The molecule has 3 aromatic rings. The van der Waals surface area contributed by atoms with Crippen LogP contribution in [0.4, 0.5) is 0 Å². The molecule has 1 N–H and O–H groups in total. The summed E-state index contributed by atoms with van der Waals surface area (Å²) in [5.41, 5.74) is 3.07. The minimum absolute atomic E-state index is 0.152. The number of aliphatic hydroxyl groups excluding tert-OH is 1. The van der Waals surface area contributed by atoms with E-state index < -0.39 is 18.0 Å². The summed E-state index contributed by atoms with van der Waals surface area (Å²) in [5.74, 6) is -0.871. The molecule has 5 nitrogen and oxygen atoms in total. The van der Waals surface area contributed by atoms with E-state index in [1.807, 2.05) is 36.5 Å². The van der Waals surface area contributed by atoms with Crippen molar-refractivity contribution < 1.29 is 14.6 Å². The zero-order chi connectivity index (χ0) is 18.3. The number of hydrogen-bond acceptors (Lipinski definition) is 4. The number of aromatic nitrogens is 2. The summed E-state index contributed by atoms with van der Waals surface area (Å²) < 4.78 is 7.07. The van der Waals surface area contributed by atoms with E-state index in [2.05, 4.69) is 16.1 Å². The van der Waals surface area contributed by atoms with Crippen molar-refractivity contribution in [3.63, 3.8) is 0 Å². The van der Waals surface area contributed by atoms with Gasteiger partial charge in [-0.25, -0.2) is 9.78 Å². The van der Waals surface area contributed by atoms with Gasteiger partial charge >= 0.3 is 5.97 Å². The second-order valence-corrected chi connectivity index (χ2v) is 6.78. The first-order valence-electron chi connectivity index (χ1n) is 8.27. The van der Waals surface area contributed by atoms with Crippen LogP contribution in [0, 0.1) is 5.92 Å². The van der Waals surface area contributed by atoms with E-state index in [-0.39, 0.29) is 6.61 Å². The molecule has 1 saturated heterocycles. The van der Waals surface area contributed by atoms with Gasteiger partial charge in [0.05, 0.1) is 12.0 Å². The number of fused-ring (bicyclic) bond motifs is 1. The van der Waals surface area contributed by atoms with Crippen LogP contribution in [-0.4, -0.2) is 27.2 Å². The molecule has 0 spiro atoms. The molecule has 2 atom stereocenters. The van der Waals surface area contributed by atoms with Gasteiger partial charge in [-0.2, -0.15) is 0 Å². The third-order valence-electron chi connectivity index (χ3n) is 4.76. The Morgan fingerprint density at radius 1 is 1.35 bits per heavy atom. The highest BCUT2D eigenvalue weighted by molar-refractivity contribution is 6.29. The molecule has 4 rings (SSSR count). The van der Waals surface area contributed by atoms with Crippen molar-refractivity contribution in [3.05, 3.63) is 77.2 Å². The van der Waals surface area contributed by atoms with Crippen molar-refractivity contribution in [1.29, 1.82) is 0 Å². The summed E-state index contributed by atoms with van der Waals surface area (Å²) in [6.07, 6.45) is 2.79. The van der Waals surface area contributed by atoms with Gasteiger partial charge in [-0.1, -0.05) is 42.4 Å². The van der Waals surface area contributed by atoms with Crippen LogP contribution in [0.15, 0.2) is 60.9 Å². The summed E-state index contributed by atoms with van der Waals surface area (Å²) in [5, 5.41) is 12.3. The zero-order valence-corrected chi connectivity index (χ0v) is 14.7. The molecular formula is C20H17ClN2O3. The number of aliphatic hydroxyl groups is 1. The fraction of sp³-hybridized carbons (Fsp3) is 0.200. The molecule has 132 valence electrons. The van der Waals surface area contributed by atoms with Crippen molar-refractivity contribution in [3.8, 4) is 0 Å². The Kier molecular flexibility index (Phi) is 4.26. The molecular weight excluding hydrogens is 352 g/mol. The third kappa shape index (κ3) is 2.89. The number of pyridine rings is 1. The fourth-order valence-electron chi connectivity index (χ4n) is 3.35. The van der Waals surface area contributed by atoms with Crippen molar-refractivity contribution >= 4 is 28.5 Å². The number of rotatable bonds is 4. The lowest BCUT2D eigenvalue weighted by Gasteiger charge is -2.15. The molecule has 2 aromatic heterocycles. The Labute approximate surface area is 155 Å². The normalized spacial score (nSPS) is 18.3. The van der Waals surface area contributed by atoms with E-state index in [1.165, 1.54) is 0 Å². The summed E-state index contributed by atoms with van der Waals surface area (Å²) in [6.45, 7) is 4.51. The molecule has 0 amide bonds. The van der Waals surface area contributed by atoms with Crippen LogP contribution in [0.25, 0.3) is 10.9 Å². The van der Waals surface area contributed by atoms with E-state index in [4.69, 9.17) is 16.3 Å². The topological polar surface area (TPSA) is 64.3 Å². The zero-order valence-electron chi connectivity index (χ0n) is 13.9. The molecule has 2 unspecified atom stereocenters. The standard InChI is InChI=1S/C20H17ClN2O3/c1-12-16(11-26-20(12)25)19(24)15-10-23(17-5-3-2-4-14(15)17)9-13-6-7-18(21)22-8-13/h2-8,10,16,19,24H,1,9,11H2. The maximum absolute atomic E-state index is 11.6. The number of esters is 1. The number of carbonyl (C=O) groups is 1.